The average molecular weight is 456 g/mol. The number of benzene rings is 2. The normalized spacial score (nSPS) is 11.8. The van der Waals surface area contributed by atoms with Crippen molar-refractivity contribution in [2.75, 3.05) is 25.6 Å². The Bertz CT molecular complexity index is 1380. The van der Waals surface area contributed by atoms with Gasteiger partial charge in [0.2, 0.25) is 5.65 Å². The van der Waals surface area contributed by atoms with Gasteiger partial charge in [-0.3, -0.25) is 4.40 Å². The summed E-state index contributed by atoms with van der Waals surface area (Å²) in [5.41, 5.74) is 1.88. The molecule has 4 aromatic rings. The zero-order valence-electron chi connectivity index (χ0n) is 18.4. The highest BCUT2D eigenvalue weighted by atomic mass is 32.2. The molecular weight excluding hydrogens is 430 g/mol. The van der Waals surface area contributed by atoms with Gasteiger partial charge in [-0.1, -0.05) is 25.5 Å². The minimum absolute atomic E-state index is 0.0523. The Morgan fingerprint density at radius 3 is 2.50 bits per heavy atom. The van der Waals surface area contributed by atoms with Crippen molar-refractivity contribution in [1.29, 1.82) is 0 Å². The fourth-order valence-corrected chi connectivity index (χ4v) is 4.75. The third-order valence-electron chi connectivity index (χ3n) is 5.34. The monoisotopic (exact) mass is 455 g/mol. The van der Waals surface area contributed by atoms with Crippen LogP contribution >= 0.6 is 0 Å². The first-order valence-electron chi connectivity index (χ1n) is 10.3. The first-order chi connectivity index (χ1) is 15.4. The van der Waals surface area contributed by atoms with E-state index in [4.69, 9.17) is 9.47 Å². The van der Waals surface area contributed by atoms with Gasteiger partial charge in [0.05, 0.1) is 30.1 Å². The third-order valence-corrected chi connectivity index (χ3v) is 7.09. The van der Waals surface area contributed by atoms with Gasteiger partial charge >= 0.3 is 0 Å². The quantitative estimate of drug-likeness (QED) is 0.401. The molecule has 2 heterocycles. The van der Waals surface area contributed by atoms with Crippen molar-refractivity contribution in [3.05, 3.63) is 48.3 Å². The highest BCUT2D eigenvalue weighted by Crippen LogP contribution is 2.33. The third kappa shape index (κ3) is 3.60. The maximum absolute atomic E-state index is 13.5. The van der Waals surface area contributed by atoms with E-state index in [1.807, 2.05) is 28.7 Å². The highest BCUT2D eigenvalue weighted by Gasteiger charge is 2.28. The van der Waals surface area contributed by atoms with Gasteiger partial charge in [-0.05, 0) is 30.7 Å². The zero-order chi connectivity index (χ0) is 22.9. The second kappa shape index (κ2) is 8.62. The van der Waals surface area contributed by atoms with E-state index in [-0.39, 0.29) is 10.7 Å². The predicted octanol–water partition coefficient (Wildman–Crippen LogP) is 3.46. The number of nitrogens with zero attached hydrogens (tertiary/aromatic N) is 5. The predicted molar refractivity (Wildman–Crippen MR) is 122 cm³/mol. The number of aryl methyl sites for hydroxylation is 1. The van der Waals surface area contributed by atoms with Crippen LogP contribution in [0.4, 0.5) is 5.82 Å². The molecule has 0 atom stereocenters. The molecule has 0 aliphatic rings. The van der Waals surface area contributed by atoms with Gasteiger partial charge in [0.1, 0.15) is 5.82 Å². The number of rotatable bonds is 8. The van der Waals surface area contributed by atoms with E-state index < -0.39 is 10.0 Å². The molecule has 0 saturated carbocycles. The molecule has 0 bridgehead atoms. The molecule has 10 heteroatoms. The number of fused-ring (bicyclic) bond motifs is 3. The summed E-state index contributed by atoms with van der Waals surface area (Å²) in [4.78, 5) is 4.68. The van der Waals surface area contributed by atoms with Gasteiger partial charge in [0.15, 0.2) is 17.3 Å². The summed E-state index contributed by atoms with van der Waals surface area (Å²) in [6.45, 7) is 2.11. The Morgan fingerprint density at radius 2 is 1.78 bits per heavy atom. The molecule has 2 aromatic carbocycles. The lowest BCUT2D eigenvalue weighted by Gasteiger charge is -2.20. The number of hydrogen-bond donors (Lipinski definition) is 0. The topological polar surface area (TPSA) is 98.9 Å². The number of sulfonamides is 1. The molecule has 0 aliphatic carbocycles. The molecule has 32 heavy (non-hydrogen) atoms. The van der Waals surface area contributed by atoms with Crippen LogP contribution in [0.1, 0.15) is 25.6 Å². The van der Waals surface area contributed by atoms with Gasteiger partial charge in [-0.25, -0.2) is 17.7 Å². The first kappa shape index (κ1) is 21.8. The number of aromatic nitrogens is 4. The van der Waals surface area contributed by atoms with Crippen molar-refractivity contribution in [2.45, 2.75) is 31.1 Å². The lowest BCUT2D eigenvalue weighted by Crippen LogP contribution is -2.28. The van der Waals surface area contributed by atoms with Crippen LogP contribution in [0, 0.1) is 0 Å². The summed E-state index contributed by atoms with van der Waals surface area (Å²) >= 11 is 0. The molecule has 4 rings (SSSR count). The minimum Gasteiger partial charge on any atom is -0.493 e. The van der Waals surface area contributed by atoms with Crippen molar-refractivity contribution in [2.24, 2.45) is 0 Å². The van der Waals surface area contributed by atoms with Crippen LogP contribution in [0.2, 0.25) is 0 Å². The molecular formula is C22H25N5O4S. The first-order valence-corrected chi connectivity index (χ1v) is 11.7. The van der Waals surface area contributed by atoms with Gasteiger partial charge in [-0.2, -0.15) is 0 Å². The van der Waals surface area contributed by atoms with Crippen molar-refractivity contribution in [1.82, 2.24) is 19.6 Å². The maximum atomic E-state index is 13.5. The highest BCUT2D eigenvalue weighted by molar-refractivity contribution is 7.92. The number of ether oxygens (including phenoxy) is 2. The largest absolute Gasteiger partial charge is 0.493 e. The van der Waals surface area contributed by atoms with Gasteiger partial charge in [0.25, 0.3) is 10.0 Å². The molecule has 9 nitrogen and oxygen atoms in total. The average Bonchev–Trinajstić information content (AvgIpc) is 3.25. The van der Waals surface area contributed by atoms with Crippen LogP contribution in [0.5, 0.6) is 11.5 Å². The fourth-order valence-electron chi connectivity index (χ4n) is 3.58. The molecule has 0 unspecified atom stereocenters. The molecule has 168 valence electrons. The molecule has 0 N–H and O–H groups in total. The van der Waals surface area contributed by atoms with Crippen LogP contribution in [-0.4, -0.2) is 49.3 Å². The number of anilines is 1. The Balaban J connectivity index is 1.89. The Hall–Kier alpha value is -3.40. The van der Waals surface area contributed by atoms with E-state index in [1.165, 1.54) is 33.4 Å². The molecule has 0 amide bonds. The Kier molecular flexibility index (Phi) is 5.88. The summed E-state index contributed by atoms with van der Waals surface area (Å²) in [6.07, 6.45) is 2.70. The van der Waals surface area contributed by atoms with Gasteiger partial charge < -0.3 is 9.47 Å². The Morgan fingerprint density at radius 1 is 1.03 bits per heavy atom. The van der Waals surface area contributed by atoms with E-state index >= 15 is 0 Å². The van der Waals surface area contributed by atoms with E-state index in [9.17, 15) is 8.42 Å². The van der Waals surface area contributed by atoms with Crippen molar-refractivity contribution < 1.29 is 17.9 Å². The van der Waals surface area contributed by atoms with E-state index in [2.05, 4.69) is 22.1 Å². The second-order valence-corrected chi connectivity index (χ2v) is 9.26. The number of hydrogen-bond acceptors (Lipinski definition) is 7. The minimum atomic E-state index is -3.96. The summed E-state index contributed by atoms with van der Waals surface area (Å²) in [7, 11) is 0.453. The number of para-hydroxylation sites is 2. The lowest BCUT2D eigenvalue weighted by molar-refractivity contribution is 0.354. The SMILES string of the molecule is CCCCc1nnc2c(N(C)S(=O)(=O)c3ccc(OC)c(OC)c3)nc3ccccc3n12. The zero-order valence-corrected chi connectivity index (χ0v) is 19.3. The molecule has 2 aromatic heterocycles. The van der Waals surface area contributed by atoms with Gasteiger partial charge in [0, 0.05) is 19.5 Å². The molecule has 0 saturated heterocycles. The maximum Gasteiger partial charge on any atom is 0.265 e. The van der Waals surface area contributed by atoms with Crippen LogP contribution in [0.25, 0.3) is 16.7 Å². The summed E-state index contributed by atoms with van der Waals surface area (Å²) in [5, 5.41) is 8.66. The van der Waals surface area contributed by atoms with Crippen molar-refractivity contribution >= 4 is 32.5 Å². The molecule has 0 radical (unpaired) electrons. The van der Waals surface area contributed by atoms with Crippen LogP contribution < -0.4 is 13.8 Å². The van der Waals surface area contributed by atoms with E-state index in [0.717, 1.165) is 34.9 Å². The van der Waals surface area contributed by atoms with E-state index in [0.29, 0.717) is 22.7 Å². The van der Waals surface area contributed by atoms with Crippen molar-refractivity contribution in [3.63, 3.8) is 0 Å². The van der Waals surface area contributed by atoms with E-state index in [1.54, 1.807) is 6.07 Å². The molecule has 0 fully saturated rings. The van der Waals surface area contributed by atoms with Crippen LogP contribution in [0.15, 0.2) is 47.4 Å². The van der Waals surface area contributed by atoms with Crippen molar-refractivity contribution in [3.8, 4) is 11.5 Å². The number of methoxy groups -OCH3 is 2. The molecule has 0 aliphatic heterocycles. The molecule has 0 spiro atoms. The lowest BCUT2D eigenvalue weighted by atomic mass is 10.2. The summed E-state index contributed by atoms with van der Waals surface area (Å²) < 4.78 is 40.5. The van der Waals surface area contributed by atoms with Crippen LogP contribution in [-0.2, 0) is 16.4 Å². The Labute approximate surface area is 186 Å². The smallest absolute Gasteiger partial charge is 0.265 e. The van der Waals surface area contributed by atoms with Gasteiger partial charge in [-0.15, -0.1) is 10.2 Å². The fraction of sp³-hybridized carbons (Fsp3) is 0.318. The second-order valence-electron chi connectivity index (χ2n) is 7.29. The van der Waals surface area contributed by atoms with Crippen LogP contribution in [0.3, 0.4) is 0 Å². The summed E-state index contributed by atoms with van der Waals surface area (Å²) in [6, 6.07) is 12.0. The summed E-state index contributed by atoms with van der Waals surface area (Å²) in [5.74, 6) is 1.74. The standard InChI is InChI=1S/C22H25N5O4S/c1-5-6-11-20-24-25-22-21(23-16-9-7-8-10-17(16)27(20)22)26(2)32(28,29)15-12-13-18(30-3)19(14-15)31-4/h7-10,12-14H,5-6,11H2,1-4H3. The number of unbranched alkanes of at least 4 members (excludes halogenated alkanes) is 1.